The van der Waals surface area contributed by atoms with Crippen LogP contribution in [0.3, 0.4) is 0 Å². The molecule has 1 aliphatic rings. The van der Waals surface area contributed by atoms with Crippen molar-refractivity contribution in [3.8, 4) is 0 Å². The van der Waals surface area contributed by atoms with Crippen LogP contribution < -0.4 is 0 Å². The first kappa shape index (κ1) is 15.2. The van der Waals surface area contributed by atoms with Gasteiger partial charge in [0.2, 0.25) is 0 Å². The van der Waals surface area contributed by atoms with Crippen LogP contribution in [-0.2, 0) is 16.1 Å². The second kappa shape index (κ2) is 6.20. The van der Waals surface area contributed by atoms with Crippen molar-refractivity contribution >= 4 is 28.5 Å². The molecule has 0 radical (unpaired) electrons. The highest BCUT2D eigenvalue weighted by atomic mass is 35.5. The summed E-state index contributed by atoms with van der Waals surface area (Å²) in [5, 5.41) is 11.5. The van der Waals surface area contributed by atoms with Gasteiger partial charge in [0.25, 0.3) is 0 Å². The second-order valence-corrected chi connectivity index (χ2v) is 5.87. The zero-order valence-electron chi connectivity index (χ0n) is 12.2. The number of nitrogens with zero attached hydrogens (tertiary/aromatic N) is 2. The van der Waals surface area contributed by atoms with Gasteiger partial charge in [-0.25, -0.2) is 0 Å². The fourth-order valence-corrected chi connectivity index (χ4v) is 3.18. The van der Waals surface area contributed by atoms with Crippen LogP contribution in [0.2, 0.25) is 5.02 Å². The lowest BCUT2D eigenvalue weighted by Crippen LogP contribution is -2.36. The lowest BCUT2D eigenvalue weighted by atomic mass is 10.1. The monoisotopic (exact) mass is 320 g/mol. The molecule has 2 aromatic rings. The molecule has 5 nitrogen and oxygen atoms in total. The van der Waals surface area contributed by atoms with Gasteiger partial charge < -0.3 is 9.84 Å². The summed E-state index contributed by atoms with van der Waals surface area (Å²) < 4.78 is 4.83. The average molecular weight is 321 g/mol. The first-order valence-corrected chi connectivity index (χ1v) is 7.50. The number of β-amino-alcohol motifs (C(OH)–C–C–N with tert-alkyl or cyclic N) is 1. The number of pyridine rings is 1. The SMILES string of the molecule is COC(=O)[C@@H]1C[C@H](O)CN1Cc1c(Cl)ccc2cccnc12. The smallest absolute Gasteiger partial charge is 0.323 e. The van der Waals surface area contributed by atoms with Gasteiger partial charge in [-0.1, -0.05) is 23.7 Å². The number of ether oxygens (including phenoxy) is 1. The van der Waals surface area contributed by atoms with E-state index in [-0.39, 0.29) is 5.97 Å². The minimum atomic E-state index is -0.536. The van der Waals surface area contributed by atoms with Crippen LogP contribution in [0, 0.1) is 0 Å². The Morgan fingerprint density at radius 2 is 2.32 bits per heavy atom. The molecule has 3 rings (SSSR count). The molecule has 0 spiro atoms. The molecule has 0 amide bonds. The molecule has 0 unspecified atom stereocenters. The van der Waals surface area contributed by atoms with E-state index in [9.17, 15) is 9.90 Å². The molecule has 1 aliphatic heterocycles. The van der Waals surface area contributed by atoms with Gasteiger partial charge in [0.15, 0.2) is 0 Å². The molecule has 1 saturated heterocycles. The second-order valence-electron chi connectivity index (χ2n) is 5.46. The number of aliphatic hydroxyl groups excluding tert-OH is 1. The molecule has 116 valence electrons. The molecule has 0 bridgehead atoms. The zero-order chi connectivity index (χ0) is 15.7. The Morgan fingerprint density at radius 1 is 1.50 bits per heavy atom. The van der Waals surface area contributed by atoms with Crippen LogP contribution >= 0.6 is 11.6 Å². The summed E-state index contributed by atoms with van der Waals surface area (Å²) in [7, 11) is 1.36. The first-order valence-electron chi connectivity index (χ1n) is 7.12. The molecule has 1 fully saturated rings. The maximum atomic E-state index is 11.9. The van der Waals surface area contributed by atoms with Gasteiger partial charge in [-0.3, -0.25) is 14.7 Å². The third-order valence-corrected chi connectivity index (χ3v) is 4.39. The van der Waals surface area contributed by atoms with E-state index >= 15 is 0 Å². The topological polar surface area (TPSA) is 62.7 Å². The van der Waals surface area contributed by atoms with E-state index in [1.807, 2.05) is 29.2 Å². The van der Waals surface area contributed by atoms with Gasteiger partial charge in [0, 0.05) is 41.7 Å². The summed E-state index contributed by atoms with van der Waals surface area (Å²) in [6, 6.07) is 7.15. The minimum absolute atomic E-state index is 0.333. The summed E-state index contributed by atoms with van der Waals surface area (Å²) in [5.41, 5.74) is 1.68. The van der Waals surface area contributed by atoms with Crippen LogP contribution in [0.15, 0.2) is 30.5 Å². The number of likely N-dealkylation sites (tertiary alicyclic amines) is 1. The molecule has 0 saturated carbocycles. The molecule has 2 atom stereocenters. The molecule has 1 N–H and O–H groups in total. The minimum Gasteiger partial charge on any atom is -0.468 e. The molecule has 1 aromatic heterocycles. The van der Waals surface area contributed by atoms with Gasteiger partial charge in [-0.15, -0.1) is 0 Å². The molecular formula is C16H17ClN2O3. The van der Waals surface area contributed by atoms with Crippen molar-refractivity contribution in [3.63, 3.8) is 0 Å². The predicted molar refractivity (Wildman–Crippen MR) is 83.6 cm³/mol. The van der Waals surface area contributed by atoms with Crippen molar-refractivity contribution in [2.45, 2.75) is 25.1 Å². The summed E-state index contributed by atoms with van der Waals surface area (Å²) in [6.07, 6.45) is 1.56. The molecule has 22 heavy (non-hydrogen) atoms. The highest BCUT2D eigenvalue weighted by molar-refractivity contribution is 6.32. The quantitative estimate of drug-likeness (QED) is 0.876. The maximum Gasteiger partial charge on any atom is 0.323 e. The van der Waals surface area contributed by atoms with Gasteiger partial charge >= 0.3 is 5.97 Å². The number of carbonyl (C=O) groups is 1. The molecule has 0 aliphatic carbocycles. The fraction of sp³-hybridized carbons (Fsp3) is 0.375. The van der Waals surface area contributed by atoms with Gasteiger partial charge in [0.05, 0.1) is 18.7 Å². The molecule has 1 aromatic carbocycles. The fourth-order valence-electron chi connectivity index (χ4n) is 2.97. The Balaban J connectivity index is 1.95. The van der Waals surface area contributed by atoms with Gasteiger partial charge in [-0.05, 0) is 12.1 Å². The van der Waals surface area contributed by atoms with E-state index in [2.05, 4.69) is 4.98 Å². The van der Waals surface area contributed by atoms with E-state index in [4.69, 9.17) is 16.3 Å². The lowest BCUT2D eigenvalue weighted by molar-refractivity contribution is -0.146. The van der Waals surface area contributed by atoms with E-state index in [1.54, 1.807) is 6.20 Å². The normalized spacial score (nSPS) is 22.1. The summed E-state index contributed by atoms with van der Waals surface area (Å²) in [5.74, 6) is -0.333. The number of methoxy groups -OCH3 is 1. The number of hydrogen-bond acceptors (Lipinski definition) is 5. The number of aliphatic hydroxyl groups is 1. The van der Waals surface area contributed by atoms with Gasteiger partial charge in [0.1, 0.15) is 6.04 Å². The highest BCUT2D eigenvalue weighted by Gasteiger charge is 2.37. The lowest BCUT2D eigenvalue weighted by Gasteiger charge is -2.23. The van der Waals surface area contributed by atoms with Crippen LogP contribution in [0.25, 0.3) is 10.9 Å². The average Bonchev–Trinajstić information content (AvgIpc) is 2.90. The number of fused-ring (bicyclic) bond motifs is 1. The Morgan fingerprint density at radius 3 is 3.09 bits per heavy atom. The number of halogens is 1. The maximum absolute atomic E-state index is 11.9. The number of esters is 1. The van der Waals surface area contributed by atoms with Crippen molar-refractivity contribution < 1.29 is 14.6 Å². The van der Waals surface area contributed by atoms with Crippen LogP contribution in [-0.4, -0.2) is 46.8 Å². The Kier molecular flexibility index (Phi) is 4.29. The standard InChI is InChI=1S/C16H17ClN2O3/c1-22-16(21)14-7-11(20)8-19(14)9-12-13(17)5-4-10-3-2-6-18-15(10)12/h2-6,11,14,20H,7-9H2,1H3/t11-,14-/m0/s1. The Hall–Kier alpha value is -1.69. The van der Waals surface area contributed by atoms with E-state index in [0.717, 1.165) is 16.5 Å². The van der Waals surface area contributed by atoms with Crippen LogP contribution in [0.4, 0.5) is 0 Å². The molecule has 6 heteroatoms. The van der Waals surface area contributed by atoms with E-state index in [1.165, 1.54) is 7.11 Å². The van der Waals surface area contributed by atoms with Crippen LogP contribution in [0.5, 0.6) is 0 Å². The summed E-state index contributed by atoms with van der Waals surface area (Å²) in [6.45, 7) is 0.864. The number of carbonyl (C=O) groups excluding carboxylic acids is 1. The first-order chi connectivity index (χ1) is 10.6. The number of hydrogen-bond donors (Lipinski definition) is 1. The van der Waals surface area contributed by atoms with E-state index in [0.29, 0.717) is 24.5 Å². The third-order valence-electron chi connectivity index (χ3n) is 4.04. The molecule has 2 heterocycles. The largest absolute Gasteiger partial charge is 0.468 e. The number of rotatable bonds is 3. The number of aromatic nitrogens is 1. The highest BCUT2D eigenvalue weighted by Crippen LogP contribution is 2.29. The molecular weight excluding hydrogens is 304 g/mol. The van der Waals surface area contributed by atoms with Gasteiger partial charge in [-0.2, -0.15) is 0 Å². The number of benzene rings is 1. The zero-order valence-corrected chi connectivity index (χ0v) is 13.0. The van der Waals surface area contributed by atoms with Crippen molar-refractivity contribution in [1.82, 2.24) is 9.88 Å². The third kappa shape index (κ3) is 2.79. The Labute approximate surface area is 133 Å². The predicted octanol–water partition coefficient (Wildman–Crippen LogP) is 2.00. The summed E-state index contributed by atoms with van der Waals surface area (Å²) in [4.78, 5) is 18.2. The van der Waals surface area contributed by atoms with Crippen molar-refractivity contribution in [2.24, 2.45) is 0 Å². The summed E-state index contributed by atoms with van der Waals surface area (Å²) >= 11 is 6.33. The van der Waals surface area contributed by atoms with E-state index < -0.39 is 12.1 Å². The van der Waals surface area contributed by atoms with Crippen molar-refractivity contribution in [3.05, 3.63) is 41.0 Å². The van der Waals surface area contributed by atoms with Crippen molar-refractivity contribution in [1.29, 1.82) is 0 Å². The Bertz CT molecular complexity index is 707. The van der Waals surface area contributed by atoms with Crippen LogP contribution in [0.1, 0.15) is 12.0 Å². The van der Waals surface area contributed by atoms with Crippen molar-refractivity contribution in [2.75, 3.05) is 13.7 Å².